The van der Waals surface area contributed by atoms with Crippen LogP contribution in [0.25, 0.3) is 0 Å². The van der Waals surface area contributed by atoms with Gasteiger partial charge in [-0.2, -0.15) is 5.06 Å². The van der Waals surface area contributed by atoms with Crippen molar-refractivity contribution < 1.29 is 33.4 Å². The fourth-order valence-corrected chi connectivity index (χ4v) is 6.96. The van der Waals surface area contributed by atoms with E-state index in [1.54, 1.807) is 12.1 Å². The van der Waals surface area contributed by atoms with E-state index in [1.807, 2.05) is 6.07 Å². The van der Waals surface area contributed by atoms with Gasteiger partial charge in [0.2, 0.25) is 5.96 Å². The zero-order valence-electron chi connectivity index (χ0n) is 24.3. The van der Waals surface area contributed by atoms with E-state index in [4.69, 9.17) is 15.6 Å². The Bertz CT molecular complexity index is 1560. The second-order valence-corrected chi connectivity index (χ2v) is 12.4. The molecule has 44 heavy (non-hydrogen) atoms. The molecular formula is C29H34F2N8O5. The first-order chi connectivity index (χ1) is 20.7. The van der Waals surface area contributed by atoms with E-state index in [9.17, 15) is 28.7 Å². The molecule has 3 saturated heterocycles. The van der Waals surface area contributed by atoms with Gasteiger partial charge in [-0.25, -0.2) is 8.78 Å². The number of nitrogens with one attached hydrogen (secondary N) is 6. The predicted octanol–water partition coefficient (Wildman–Crippen LogP) is 0.821. The van der Waals surface area contributed by atoms with Gasteiger partial charge in [0.1, 0.15) is 23.0 Å². The van der Waals surface area contributed by atoms with E-state index in [-0.39, 0.29) is 35.6 Å². The number of aliphatic hydroxyl groups is 1. The molecule has 8 N–H and O–H groups in total. The molecule has 234 valence electrons. The maximum Gasteiger partial charge on any atom is 0.255 e. The van der Waals surface area contributed by atoms with Gasteiger partial charge in [0, 0.05) is 30.3 Å². The molecule has 2 aromatic carbocycles. The first-order valence-electron chi connectivity index (χ1n) is 14.2. The van der Waals surface area contributed by atoms with Gasteiger partial charge in [-0.05, 0) is 37.0 Å². The Morgan fingerprint density at radius 3 is 2.50 bits per heavy atom. The lowest BCUT2D eigenvalue weighted by atomic mass is 9.77. The number of fused-ring (bicyclic) bond motifs is 1. The topological polar surface area (TPSA) is 186 Å². The number of carbonyl (C=O) groups is 2. The summed E-state index contributed by atoms with van der Waals surface area (Å²) in [5.74, 6) is -3.41. The highest BCUT2D eigenvalue weighted by Gasteiger charge is 2.75. The molecule has 0 saturated carbocycles. The average molecular weight is 613 g/mol. The van der Waals surface area contributed by atoms with E-state index >= 15 is 0 Å². The third-order valence-electron chi connectivity index (χ3n) is 9.33. The van der Waals surface area contributed by atoms with Crippen molar-refractivity contribution in [2.75, 3.05) is 19.7 Å². The van der Waals surface area contributed by atoms with Gasteiger partial charge in [0.15, 0.2) is 11.6 Å². The van der Waals surface area contributed by atoms with Crippen LogP contribution in [-0.4, -0.2) is 93.1 Å². The van der Waals surface area contributed by atoms with E-state index in [0.29, 0.717) is 23.5 Å². The van der Waals surface area contributed by atoms with Gasteiger partial charge >= 0.3 is 0 Å². The highest BCUT2D eigenvalue weighted by Crippen LogP contribution is 2.48. The molecule has 2 aromatic rings. The normalized spacial score (nSPS) is 29.9. The first-order valence-corrected chi connectivity index (χ1v) is 14.2. The van der Waals surface area contributed by atoms with Crippen LogP contribution in [0.3, 0.4) is 0 Å². The molecule has 4 aliphatic heterocycles. The number of benzene rings is 2. The highest BCUT2D eigenvalue weighted by atomic mass is 19.1. The van der Waals surface area contributed by atoms with Crippen LogP contribution < -0.4 is 26.0 Å². The van der Waals surface area contributed by atoms with E-state index in [0.717, 1.165) is 24.1 Å². The van der Waals surface area contributed by atoms with Gasteiger partial charge in [-0.1, -0.05) is 26.0 Å². The van der Waals surface area contributed by atoms with Gasteiger partial charge in [-0.15, -0.1) is 0 Å². The molecule has 5 atom stereocenters. The lowest BCUT2D eigenvalue weighted by molar-refractivity contribution is -0.218. The molecule has 2 amide bonds. The SMILES string of the molecule is CC1(C)CCOc2c(C(=O)NC3CN4C(=N)N[C@@H](CNC(=O)c5cc(F)cc(F)c5)C5NC(=N)N(O)C54[C@@]3(C)O)cccc21. The monoisotopic (exact) mass is 612 g/mol. The predicted molar refractivity (Wildman–Crippen MR) is 153 cm³/mol. The van der Waals surface area contributed by atoms with Crippen molar-refractivity contribution in [2.45, 2.75) is 62.0 Å². The quantitative estimate of drug-likeness (QED) is 0.242. The number of ether oxygens (including phenoxy) is 1. The average Bonchev–Trinajstić information content (AvgIpc) is 3.36. The number of guanidine groups is 2. The molecule has 4 aliphatic rings. The second kappa shape index (κ2) is 10.0. The maximum absolute atomic E-state index is 13.7. The van der Waals surface area contributed by atoms with E-state index < -0.39 is 58.8 Å². The van der Waals surface area contributed by atoms with Crippen LogP contribution in [0.4, 0.5) is 8.78 Å². The van der Waals surface area contributed by atoms with Gasteiger partial charge < -0.3 is 36.0 Å². The fourth-order valence-electron chi connectivity index (χ4n) is 6.96. The minimum Gasteiger partial charge on any atom is -0.492 e. The van der Waals surface area contributed by atoms with E-state index in [1.165, 1.54) is 11.8 Å². The number of carbonyl (C=O) groups excluding carboxylic acids is 2. The van der Waals surface area contributed by atoms with Gasteiger partial charge in [0.25, 0.3) is 11.8 Å². The minimum absolute atomic E-state index is 0.115. The molecule has 4 heterocycles. The summed E-state index contributed by atoms with van der Waals surface area (Å²) in [7, 11) is 0. The number of hydrogen-bond acceptors (Lipinski definition) is 7. The number of para-hydroxylation sites is 1. The van der Waals surface area contributed by atoms with Crippen molar-refractivity contribution in [3.05, 3.63) is 64.7 Å². The number of hydroxylamine groups is 2. The zero-order valence-corrected chi connectivity index (χ0v) is 24.3. The lowest BCUT2D eigenvalue weighted by Gasteiger charge is -2.54. The Balaban J connectivity index is 1.28. The molecule has 0 radical (unpaired) electrons. The first kappa shape index (κ1) is 29.6. The van der Waals surface area contributed by atoms with Crippen molar-refractivity contribution in [1.82, 2.24) is 31.2 Å². The second-order valence-electron chi connectivity index (χ2n) is 12.4. The molecule has 0 aromatic heterocycles. The van der Waals surface area contributed by atoms with Gasteiger partial charge in [-0.3, -0.25) is 25.6 Å². The van der Waals surface area contributed by atoms with Crippen molar-refractivity contribution in [3.63, 3.8) is 0 Å². The van der Waals surface area contributed by atoms with Crippen LogP contribution in [0.2, 0.25) is 0 Å². The summed E-state index contributed by atoms with van der Waals surface area (Å²) in [6.07, 6.45) is 0.780. The molecular weight excluding hydrogens is 578 g/mol. The third-order valence-corrected chi connectivity index (χ3v) is 9.33. The Hall–Kier alpha value is -4.50. The Morgan fingerprint density at radius 2 is 1.80 bits per heavy atom. The maximum atomic E-state index is 13.7. The highest BCUT2D eigenvalue weighted by molar-refractivity contribution is 5.98. The number of hydrogen-bond donors (Lipinski definition) is 8. The van der Waals surface area contributed by atoms with Crippen LogP contribution in [0, 0.1) is 22.5 Å². The number of nitrogens with zero attached hydrogens (tertiary/aromatic N) is 2. The molecule has 3 fully saturated rings. The minimum atomic E-state index is -1.98. The molecule has 6 rings (SSSR count). The standard InChI is InChI=1S/C29H34F2N8O5/c1-27(2)7-8-44-21-17(5-4-6-18(21)27)24(41)36-20-13-38-25(32)35-19(12-34-23(40)14-9-15(30)11-16(31)10-14)22-29(38,28(20,3)42)39(43)26(33)37-22/h4-6,9-11,19-20,22,42-43H,7-8,12-13H2,1-3H3,(H2,32,35)(H2,33,37)(H,34,40)(H,36,41)/t19-,20?,22?,28-,29?/m0/s1. The largest absolute Gasteiger partial charge is 0.492 e. The lowest BCUT2D eigenvalue weighted by Crippen LogP contribution is -2.81. The molecule has 13 nitrogen and oxygen atoms in total. The third kappa shape index (κ3) is 4.24. The fraction of sp³-hybridized carbons (Fsp3) is 0.448. The smallest absolute Gasteiger partial charge is 0.255 e. The summed E-state index contributed by atoms with van der Waals surface area (Å²) in [6, 6.07) is 4.76. The van der Waals surface area contributed by atoms with Crippen LogP contribution in [0.15, 0.2) is 36.4 Å². The molecule has 3 unspecified atom stereocenters. The number of halogens is 2. The van der Waals surface area contributed by atoms with Gasteiger partial charge in [0.05, 0.1) is 30.3 Å². The summed E-state index contributed by atoms with van der Waals surface area (Å²) in [5.41, 5.74) is -3.14. The van der Waals surface area contributed by atoms with Crippen LogP contribution in [-0.2, 0) is 5.41 Å². The molecule has 0 aliphatic carbocycles. The van der Waals surface area contributed by atoms with Crippen molar-refractivity contribution >= 4 is 23.7 Å². The summed E-state index contributed by atoms with van der Waals surface area (Å²) in [6.45, 7) is 5.65. The van der Waals surface area contributed by atoms with Crippen molar-refractivity contribution in [1.29, 1.82) is 10.8 Å². The Kier molecular flexibility index (Phi) is 6.73. The van der Waals surface area contributed by atoms with Crippen LogP contribution in [0.1, 0.15) is 53.5 Å². The summed E-state index contributed by atoms with van der Waals surface area (Å²) >= 11 is 0. The summed E-state index contributed by atoms with van der Waals surface area (Å²) in [5, 5.41) is 52.2. The summed E-state index contributed by atoms with van der Waals surface area (Å²) < 4.78 is 33.3. The number of rotatable bonds is 5. The Morgan fingerprint density at radius 1 is 1.09 bits per heavy atom. The van der Waals surface area contributed by atoms with Crippen molar-refractivity contribution in [3.8, 4) is 5.75 Å². The number of amides is 2. The van der Waals surface area contributed by atoms with Crippen LogP contribution >= 0.6 is 0 Å². The molecule has 15 heteroatoms. The van der Waals surface area contributed by atoms with E-state index in [2.05, 4.69) is 35.1 Å². The van der Waals surface area contributed by atoms with Crippen LogP contribution in [0.5, 0.6) is 5.75 Å². The zero-order chi connectivity index (χ0) is 31.8. The summed E-state index contributed by atoms with van der Waals surface area (Å²) in [4.78, 5) is 27.8. The molecule has 1 spiro atoms. The van der Waals surface area contributed by atoms with Crippen molar-refractivity contribution in [2.24, 2.45) is 0 Å². The Labute approximate surface area is 251 Å². The molecule has 0 bridgehead atoms.